The standard InChI is InChI=1S/C19H25N3O4/c1-5-26-19(24)15-12-21-16-8-7-13(18(23)25-4)11-14(16)17(15)20-9-6-10-22(2)3/h7-8,11-12H,5-6,9-10H2,1-4H3,(H,20,21)/p+1. The molecule has 2 rings (SSSR count). The highest BCUT2D eigenvalue weighted by Crippen LogP contribution is 2.28. The maximum Gasteiger partial charge on any atom is 0.341 e. The second-order valence-electron chi connectivity index (χ2n) is 6.23. The van der Waals surface area contributed by atoms with Crippen LogP contribution in [0.2, 0.25) is 0 Å². The van der Waals surface area contributed by atoms with E-state index in [9.17, 15) is 9.59 Å². The maximum absolute atomic E-state index is 12.3. The van der Waals surface area contributed by atoms with Crippen molar-refractivity contribution in [3.05, 3.63) is 35.5 Å². The SMILES string of the molecule is CCOC(=O)c1cnc2ccc(C(=O)OC)cc2c1NCCC[NH+](C)C. The Balaban J connectivity index is 2.45. The van der Waals surface area contributed by atoms with Crippen molar-refractivity contribution >= 4 is 28.5 Å². The summed E-state index contributed by atoms with van der Waals surface area (Å²) in [5.41, 5.74) is 2.08. The molecule has 1 aromatic heterocycles. The van der Waals surface area contributed by atoms with Crippen LogP contribution in [0.3, 0.4) is 0 Å². The molecule has 0 saturated carbocycles. The van der Waals surface area contributed by atoms with Crippen LogP contribution >= 0.6 is 0 Å². The first kappa shape index (κ1) is 19.7. The predicted octanol–water partition coefficient (Wildman–Crippen LogP) is 1.14. The Hall–Kier alpha value is -2.67. The van der Waals surface area contributed by atoms with Crippen molar-refractivity contribution in [1.29, 1.82) is 0 Å². The Morgan fingerprint density at radius 1 is 1.23 bits per heavy atom. The molecule has 0 aliphatic rings. The lowest BCUT2D eigenvalue weighted by Crippen LogP contribution is -3.05. The van der Waals surface area contributed by atoms with Gasteiger partial charge in [0.15, 0.2) is 0 Å². The molecule has 140 valence electrons. The molecular formula is C19H26N3O4+. The maximum atomic E-state index is 12.3. The summed E-state index contributed by atoms with van der Waals surface area (Å²) in [6.07, 6.45) is 2.45. The minimum Gasteiger partial charge on any atom is -0.465 e. The Morgan fingerprint density at radius 2 is 2.00 bits per heavy atom. The highest BCUT2D eigenvalue weighted by molar-refractivity contribution is 6.06. The number of nitrogens with one attached hydrogen (secondary N) is 2. The van der Waals surface area contributed by atoms with Crippen LogP contribution < -0.4 is 10.2 Å². The quantitative estimate of drug-likeness (QED) is 0.543. The van der Waals surface area contributed by atoms with Gasteiger partial charge in [-0.15, -0.1) is 0 Å². The molecular weight excluding hydrogens is 334 g/mol. The van der Waals surface area contributed by atoms with Gasteiger partial charge in [0.05, 0.1) is 51.1 Å². The fourth-order valence-corrected chi connectivity index (χ4v) is 2.65. The smallest absolute Gasteiger partial charge is 0.341 e. The van der Waals surface area contributed by atoms with Crippen molar-refractivity contribution in [2.75, 3.05) is 46.2 Å². The minimum absolute atomic E-state index is 0.280. The number of pyridine rings is 1. The van der Waals surface area contributed by atoms with Crippen LogP contribution in [0, 0.1) is 0 Å². The van der Waals surface area contributed by atoms with Crippen molar-refractivity contribution in [1.82, 2.24) is 4.98 Å². The first-order chi connectivity index (χ1) is 12.5. The highest BCUT2D eigenvalue weighted by atomic mass is 16.5. The largest absolute Gasteiger partial charge is 0.465 e. The third kappa shape index (κ3) is 4.70. The molecule has 0 unspecified atom stereocenters. The Kier molecular flexibility index (Phi) is 6.91. The number of esters is 2. The predicted molar refractivity (Wildman–Crippen MR) is 99.8 cm³/mol. The summed E-state index contributed by atoms with van der Waals surface area (Å²) in [5.74, 6) is -0.873. The summed E-state index contributed by atoms with van der Waals surface area (Å²) in [6, 6.07) is 5.09. The molecule has 0 fully saturated rings. The van der Waals surface area contributed by atoms with E-state index in [1.807, 2.05) is 0 Å². The van der Waals surface area contributed by atoms with Gasteiger partial charge < -0.3 is 19.7 Å². The van der Waals surface area contributed by atoms with E-state index in [4.69, 9.17) is 9.47 Å². The van der Waals surface area contributed by atoms with E-state index in [1.165, 1.54) is 18.2 Å². The summed E-state index contributed by atoms with van der Waals surface area (Å²) in [7, 11) is 5.52. The molecule has 0 aliphatic heterocycles. The lowest BCUT2D eigenvalue weighted by molar-refractivity contribution is -0.858. The molecule has 1 heterocycles. The van der Waals surface area contributed by atoms with E-state index in [0.29, 0.717) is 34.3 Å². The summed E-state index contributed by atoms with van der Waals surface area (Å²) in [4.78, 5) is 29.9. The Labute approximate surface area is 153 Å². The van der Waals surface area contributed by atoms with Gasteiger partial charge in [0.25, 0.3) is 0 Å². The van der Waals surface area contributed by atoms with Crippen molar-refractivity contribution < 1.29 is 24.0 Å². The molecule has 0 saturated heterocycles. The highest BCUT2D eigenvalue weighted by Gasteiger charge is 2.18. The van der Waals surface area contributed by atoms with Crippen molar-refractivity contribution in [2.45, 2.75) is 13.3 Å². The number of fused-ring (bicyclic) bond motifs is 1. The number of ether oxygens (including phenoxy) is 2. The van der Waals surface area contributed by atoms with E-state index >= 15 is 0 Å². The second-order valence-corrected chi connectivity index (χ2v) is 6.23. The van der Waals surface area contributed by atoms with Crippen molar-refractivity contribution in [2.24, 2.45) is 0 Å². The van der Waals surface area contributed by atoms with E-state index < -0.39 is 11.9 Å². The molecule has 7 heteroatoms. The lowest BCUT2D eigenvalue weighted by atomic mass is 10.1. The third-order valence-electron chi connectivity index (χ3n) is 3.94. The summed E-state index contributed by atoms with van der Waals surface area (Å²) in [6.45, 7) is 3.73. The monoisotopic (exact) mass is 360 g/mol. The average molecular weight is 360 g/mol. The van der Waals surface area contributed by atoms with E-state index in [1.54, 1.807) is 25.1 Å². The van der Waals surface area contributed by atoms with Crippen LogP contribution in [0.5, 0.6) is 0 Å². The van der Waals surface area contributed by atoms with Crippen LogP contribution in [0.15, 0.2) is 24.4 Å². The summed E-state index contributed by atoms with van der Waals surface area (Å²) >= 11 is 0. The average Bonchev–Trinajstić information content (AvgIpc) is 2.63. The van der Waals surface area contributed by atoms with Gasteiger partial charge in [0.1, 0.15) is 5.56 Å². The molecule has 0 amide bonds. The number of aromatic nitrogens is 1. The van der Waals surface area contributed by atoms with Gasteiger partial charge in [0.2, 0.25) is 0 Å². The number of carbonyl (C=O) groups excluding carboxylic acids is 2. The van der Waals surface area contributed by atoms with Gasteiger partial charge >= 0.3 is 11.9 Å². The topological polar surface area (TPSA) is 82.0 Å². The van der Waals surface area contributed by atoms with Crippen LogP contribution in [-0.4, -0.2) is 57.8 Å². The number of quaternary nitrogens is 1. The number of hydrogen-bond acceptors (Lipinski definition) is 6. The van der Waals surface area contributed by atoms with Crippen LogP contribution in [0.1, 0.15) is 34.1 Å². The fourth-order valence-electron chi connectivity index (χ4n) is 2.65. The normalized spacial score (nSPS) is 10.8. The summed E-state index contributed by atoms with van der Waals surface area (Å²) in [5, 5.41) is 4.02. The second kappa shape index (κ2) is 9.15. The molecule has 0 aliphatic carbocycles. The van der Waals surface area contributed by atoms with Gasteiger partial charge in [-0.2, -0.15) is 0 Å². The first-order valence-corrected chi connectivity index (χ1v) is 8.69. The van der Waals surface area contributed by atoms with Gasteiger partial charge in [0, 0.05) is 24.5 Å². The molecule has 7 nitrogen and oxygen atoms in total. The lowest BCUT2D eigenvalue weighted by Gasteiger charge is -2.15. The van der Waals surface area contributed by atoms with E-state index in [2.05, 4.69) is 24.4 Å². The third-order valence-corrected chi connectivity index (χ3v) is 3.94. The van der Waals surface area contributed by atoms with Crippen molar-refractivity contribution in [3.8, 4) is 0 Å². The van der Waals surface area contributed by atoms with Crippen LogP contribution in [0.25, 0.3) is 10.9 Å². The molecule has 0 spiro atoms. The molecule has 0 bridgehead atoms. The van der Waals surface area contributed by atoms with E-state index in [0.717, 1.165) is 13.0 Å². The molecule has 0 atom stereocenters. The molecule has 1 aromatic carbocycles. The molecule has 0 radical (unpaired) electrons. The molecule has 2 aromatic rings. The van der Waals surface area contributed by atoms with Gasteiger partial charge in [-0.05, 0) is 25.1 Å². The zero-order valence-electron chi connectivity index (χ0n) is 15.7. The number of hydrogen-bond donors (Lipinski definition) is 2. The number of anilines is 1. The first-order valence-electron chi connectivity index (χ1n) is 8.69. The number of nitrogens with zero attached hydrogens (tertiary/aromatic N) is 1. The number of benzene rings is 1. The Bertz CT molecular complexity index is 790. The Morgan fingerprint density at radius 3 is 2.65 bits per heavy atom. The fraction of sp³-hybridized carbons (Fsp3) is 0.421. The van der Waals surface area contributed by atoms with Gasteiger partial charge in [-0.25, -0.2) is 9.59 Å². The van der Waals surface area contributed by atoms with E-state index in [-0.39, 0.29) is 6.61 Å². The number of methoxy groups -OCH3 is 1. The van der Waals surface area contributed by atoms with Crippen molar-refractivity contribution in [3.63, 3.8) is 0 Å². The zero-order valence-corrected chi connectivity index (χ0v) is 15.7. The van der Waals surface area contributed by atoms with Crippen LogP contribution in [0.4, 0.5) is 5.69 Å². The molecule has 26 heavy (non-hydrogen) atoms. The molecule has 2 N–H and O–H groups in total. The van der Waals surface area contributed by atoms with Crippen LogP contribution in [-0.2, 0) is 9.47 Å². The van der Waals surface area contributed by atoms with Gasteiger partial charge in [-0.1, -0.05) is 0 Å². The zero-order chi connectivity index (χ0) is 19.1. The minimum atomic E-state index is -0.439. The number of carbonyl (C=O) groups is 2. The summed E-state index contributed by atoms with van der Waals surface area (Å²) < 4.78 is 9.94. The van der Waals surface area contributed by atoms with Gasteiger partial charge in [-0.3, -0.25) is 4.98 Å². The number of rotatable bonds is 8.